The molecule has 0 aliphatic carbocycles. The Bertz CT molecular complexity index is 810. The van der Waals surface area contributed by atoms with E-state index in [4.69, 9.17) is 5.73 Å². The van der Waals surface area contributed by atoms with Crippen LogP contribution in [0.5, 0.6) is 0 Å². The number of nitrogens with zero attached hydrogens (tertiary/aromatic N) is 1. The SMILES string of the molecule is N[C@@H](C(=O)N[C@@H](Cc1ccccc1)C(=O)O)[C@@H](O)c1ccc([N+](=O)[O-])cc1. The molecule has 2 rings (SSSR count). The quantitative estimate of drug-likeness (QED) is 0.393. The summed E-state index contributed by atoms with van der Waals surface area (Å²) in [5.74, 6) is -2.08. The number of amides is 1. The van der Waals surface area contributed by atoms with E-state index in [9.17, 15) is 29.9 Å². The number of carbonyl (C=O) groups is 2. The van der Waals surface area contributed by atoms with Crippen LogP contribution in [0.3, 0.4) is 0 Å². The second-order valence-corrected chi connectivity index (χ2v) is 5.91. The van der Waals surface area contributed by atoms with Crippen LogP contribution in [-0.4, -0.2) is 39.1 Å². The Morgan fingerprint density at radius 1 is 1.11 bits per heavy atom. The molecule has 0 aromatic heterocycles. The maximum absolute atomic E-state index is 12.3. The van der Waals surface area contributed by atoms with Crippen molar-refractivity contribution in [2.24, 2.45) is 5.73 Å². The fraction of sp³-hybridized carbons (Fsp3) is 0.222. The van der Waals surface area contributed by atoms with Gasteiger partial charge in [0.05, 0.1) is 4.92 Å². The number of carboxylic acid groups (broad SMARTS) is 1. The largest absolute Gasteiger partial charge is 0.480 e. The van der Waals surface area contributed by atoms with Gasteiger partial charge in [0.2, 0.25) is 5.91 Å². The topological polar surface area (TPSA) is 156 Å². The number of non-ortho nitro benzene ring substituents is 1. The Morgan fingerprint density at radius 3 is 2.22 bits per heavy atom. The Kier molecular flexibility index (Phi) is 6.58. The van der Waals surface area contributed by atoms with Gasteiger partial charge in [-0.25, -0.2) is 4.79 Å². The van der Waals surface area contributed by atoms with Gasteiger partial charge in [0.25, 0.3) is 5.69 Å². The van der Waals surface area contributed by atoms with E-state index in [1.165, 1.54) is 24.3 Å². The highest BCUT2D eigenvalue weighted by Crippen LogP contribution is 2.20. The molecule has 5 N–H and O–H groups in total. The van der Waals surface area contributed by atoms with Gasteiger partial charge in [0, 0.05) is 18.6 Å². The Morgan fingerprint density at radius 2 is 1.70 bits per heavy atom. The highest BCUT2D eigenvalue weighted by molar-refractivity contribution is 5.87. The van der Waals surface area contributed by atoms with Crippen LogP contribution in [0.4, 0.5) is 5.69 Å². The zero-order valence-corrected chi connectivity index (χ0v) is 14.2. The molecule has 0 spiro atoms. The second kappa shape index (κ2) is 8.88. The molecule has 0 aliphatic rings. The maximum Gasteiger partial charge on any atom is 0.326 e. The molecular weight excluding hydrogens is 354 g/mol. The van der Waals surface area contributed by atoms with Crippen molar-refractivity contribution in [2.45, 2.75) is 24.6 Å². The Labute approximate surface area is 154 Å². The summed E-state index contributed by atoms with van der Waals surface area (Å²) in [6, 6.07) is 11.0. The maximum atomic E-state index is 12.3. The molecule has 9 nitrogen and oxygen atoms in total. The van der Waals surface area contributed by atoms with Crippen LogP contribution in [0.2, 0.25) is 0 Å². The number of aliphatic hydroxyl groups is 1. The number of nitrogens with one attached hydrogen (secondary N) is 1. The third kappa shape index (κ3) is 5.33. The molecule has 3 atom stereocenters. The third-order valence-electron chi connectivity index (χ3n) is 3.99. The highest BCUT2D eigenvalue weighted by atomic mass is 16.6. The Hall–Kier alpha value is -3.30. The lowest BCUT2D eigenvalue weighted by Gasteiger charge is -2.21. The predicted molar refractivity (Wildman–Crippen MR) is 95.7 cm³/mol. The van der Waals surface area contributed by atoms with E-state index in [-0.39, 0.29) is 17.7 Å². The first kappa shape index (κ1) is 20.0. The summed E-state index contributed by atoms with van der Waals surface area (Å²) >= 11 is 0. The third-order valence-corrected chi connectivity index (χ3v) is 3.99. The molecule has 2 aromatic rings. The van der Waals surface area contributed by atoms with Gasteiger partial charge in [-0.2, -0.15) is 0 Å². The van der Waals surface area contributed by atoms with E-state index in [0.717, 1.165) is 5.56 Å². The molecule has 9 heteroatoms. The molecule has 0 saturated heterocycles. The summed E-state index contributed by atoms with van der Waals surface area (Å²) in [6.45, 7) is 0. The van der Waals surface area contributed by atoms with Gasteiger partial charge in [-0.15, -0.1) is 0 Å². The van der Waals surface area contributed by atoms with Crippen LogP contribution in [0.25, 0.3) is 0 Å². The average molecular weight is 373 g/mol. The van der Waals surface area contributed by atoms with Crippen LogP contribution in [0.1, 0.15) is 17.2 Å². The lowest BCUT2D eigenvalue weighted by Crippen LogP contribution is -2.51. The van der Waals surface area contributed by atoms with Gasteiger partial charge in [0.15, 0.2) is 0 Å². The minimum Gasteiger partial charge on any atom is -0.480 e. The highest BCUT2D eigenvalue weighted by Gasteiger charge is 2.28. The molecule has 0 heterocycles. The summed E-state index contributed by atoms with van der Waals surface area (Å²) in [6.07, 6.45) is -1.39. The summed E-state index contributed by atoms with van der Waals surface area (Å²) in [5.41, 5.74) is 6.50. The zero-order chi connectivity index (χ0) is 20.0. The second-order valence-electron chi connectivity index (χ2n) is 5.91. The zero-order valence-electron chi connectivity index (χ0n) is 14.2. The molecule has 27 heavy (non-hydrogen) atoms. The van der Waals surface area contributed by atoms with Crippen molar-refractivity contribution in [3.8, 4) is 0 Å². The number of nitro benzene ring substituents is 1. The number of aliphatic carboxylic acids is 1. The first-order chi connectivity index (χ1) is 12.8. The predicted octanol–water partition coefficient (Wildman–Crippen LogP) is 0.768. The number of rotatable bonds is 8. The van der Waals surface area contributed by atoms with Crippen molar-refractivity contribution in [3.05, 3.63) is 75.8 Å². The molecule has 0 radical (unpaired) electrons. The normalized spacial score (nSPS) is 14.0. The van der Waals surface area contributed by atoms with Crippen LogP contribution in [0.15, 0.2) is 54.6 Å². The number of hydrogen-bond donors (Lipinski definition) is 4. The van der Waals surface area contributed by atoms with Crippen LogP contribution in [-0.2, 0) is 16.0 Å². The van der Waals surface area contributed by atoms with Gasteiger partial charge in [-0.1, -0.05) is 30.3 Å². The molecule has 0 bridgehead atoms. The minimum absolute atomic E-state index is 0.0578. The molecule has 0 aliphatic heterocycles. The number of nitrogens with two attached hydrogens (primary N) is 1. The summed E-state index contributed by atoms with van der Waals surface area (Å²) < 4.78 is 0. The summed E-state index contributed by atoms with van der Waals surface area (Å²) in [4.78, 5) is 33.8. The van der Waals surface area contributed by atoms with E-state index in [0.29, 0.717) is 0 Å². The number of benzene rings is 2. The summed E-state index contributed by atoms with van der Waals surface area (Å²) in [7, 11) is 0. The van der Waals surface area contributed by atoms with E-state index in [1.54, 1.807) is 30.3 Å². The monoisotopic (exact) mass is 373 g/mol. The average Bonchev–Trinajstić information content (AvgIpc) is 2.67. The molecule has 2 aromatic carbocycles. The van der Waals surface area contributed by atoms with E-state index < -0.39 is 35.0 Å². The lowest BCUT2D eigenvalue weighted by atomic mass is 10.0. The van der Waals surface area contributed by atoms with Crippen LogP contribution in [0, 0.1) is 10.1 Å². The summed E-state index contributed by atoms with van der Waals surface area (Å²) in [5, 5.41) is 32.5. The molecule has 0 saturated carbocycles. The van der Waals surface area contributed by atoms with Crippen molar-refractivity contribution < 1.29 is 24.7 Å². The molecule has 1 amide bonds. The number of nitro groups is 1. The fourth-order valence-corrected chi connectivity index (χ4v) is 2.46. The van der Waals surface area contributed by atoms with Gasteiger partial charge in [-0.3, -0.25) is 14.9 Å². The van der Waals surface area contributed by atoms with Crippen molar-refractivity contribution in [3.63, 3.8) is 0 Å². The standard InChI is InChI=1S/C18H19N3O6/c19-15(16(22)12-6-8-13(9-7-12)21(26)27)17(23)20-14(18(24)25)10-11-4-2-1-3-5-11/h1-9,14-16,22H,10,19H2,(H,20,23)(H,24,25)/t14-,15+,16-/m0/s1. The number of aliphatic hydroxyl groups excluding tert-OH is 1. The van der Waals surface area contributed by atoms with Crippen molar-refractivity contribution >= 4 is 17.6 Å². The fourth-order valence-electron chi connectivity index (χ4n) is 2.46. The van der Waals surface area contributed by atoms with Gasteiger partial charge < -0.3 is 21.3 Å². The van der Waals surface area contributed by atoms with Gasteiger partial charge in [-0.05, 0) is 23.3 Å². The molecular formula is C18H19N3O6. The molecule has 0 fully saturated rings. The number of hydrogen-bond acceptors (Lipinski definition) is 6. The number of carboxylic acids is 1. The van der Waals surface area contributed by atoms with E-state index in [1.807, 2.05) is 0 Å². The van der Waals surface area contributed by atoms with Crippen LogP contribution >= 0.6 is 0 Å². The Balaban J connectivity index is 2.05. The van der Waals surface area contributed by atoms with Crippen molar-refractivity contribution in [2.75, 3.05) is 0 Å². The molecule has 142 valence electrons. The molecule has 0 unspecified atom stereocenters. The van der Waals surface area contributed by atoms with Crippen molar-refractivity contribution in [1.82, 2.24) is 5.32 Å². The van der Waals surface area contributed by atoms with Gasteiger partial charge >= 0.3 is 5.97 Å². The van der Waals surface area contributed by atoms with E-state index >= 15 is 0 Å². The van der Waals surface area contributed by atoms with Crippen molar-refractivity contribution in [1.29, 1.82) is 0 Å². The van der Waals surface area contributed by atoms with Crippen LogP contribution < -0.4 is 11.1 Å². The number of carbonyl (C=O) groups excluding carboxylic acids is 1. The van der Waals surface area contributed by atoms with Gasteiger partial charge in [0.1, 0.15) is 18.2 Å². The first-order valence-electron chi connectivity index (χ1n) is 8.04. The first-order valence-corrected chi connectivity index (χ1v) is 8.04. The minimum atomic E-state index is -1.45. The lowest BCUT2D eigenvalue weighted by molar-refractivity contribution is -0.384. The van der Waals surface area contributed by atoms with E-state index in [2.05, 4.69) is 5.32 Å². The smallest absolute Gasteiger partial charge is 0.326 e.